The highest BCUT2D eigenvalue weighted by atomic mass is 32.2. The summed E-state index contributed by atoms with van der Waals surface area (Å²) in [6, 6.07) is 0. The Morgan fingerprint density at radius 2 is 2.28 bits per heavy atom. The van der Waals surface area contributed by atoms with Crippen molar-refractivity contribution in [2.45, 2.75) is 43.0 Å². The third kappa shape index (κ3) is 3.23. The van der Waals surface area contributed by atoms with Crippen molar-refractivity contribution in [3.8, 4) is 0 Å². The molecule has 1 saturated carbocycles. The fourth-order valence-corrected chi connectivity index (χ4v) is 4.14. The molecule has 1 aliphatic carbocycles. The Hall–Kier alpha value is -0.170. The van der Waals surface area contributed by atoms with Crippen LogP contribution in [-0.4, -0.2) is 38.9 Å². The number of nitrogens with one attached hydrogen (secondary N) is 1. The molecular formula is C12H21N3OS2. The predicted molar refractivity (Wildman–Crippen MR) is 76.2 cm³/mol. The monoisotopic (exact) mass is 287 g/mol. The first-order valence-corrected chi connectivity index (χ1v) is 8.31. The highest BCUT2D eigenvalue weighted by Gasteiger charge is 2.44. The van der Waals surface area contributed by atoms with Crippen molar-refractivity contribution in [3.63, 3.8) is 0 Å². The molecule has 0 radical (unpaired) electrons. The number of rotatable bonds is 8. The second-order valence-electron chi connectivity index (χ2n) is 4.74. The Labute approximate surface area is 117 Å². The predicted octanol–water partition coefficient (Wildman–Crippen LogP) is 1.94. The second kappa shape index (κ2) is 6.32. The van der Waals surface area contributed by atoms with E-state index in [1.54, 1.807) is 11.8 Å². The average molecular weight is 287 g/mol. The summed E-state index contributed by atoms with van der Waals surface area (Å²) >= 11 is 3.19. The van der Waals surface area contributed by atoms with Gasteiger partial charge in [-0.25, -0.2) is 4.98 Å². The Kier molecular flexibility index (Phi) is 5.00. The van der Waals surface area contributed by atoms with Gasteiger partial charge in [0.05, 0.1) is 12.1 Å². The van der Waals surface area contributed by atoms with Gasteiger partial charge in [0.25, 0.3) is 0 Å². The van der Waals surface area contributed by atoms with E-state index in [0.717, 1.165) is 28.9 Å². The third-order valence-electron chi connectivity index (χ3n) is 3.39. The third-order valence-corrected chi connectivity index (χ3v) is 5.51. The van der Waals surface area contributed by atoms with E-state index < -0.39 is 0 Å². The maximum absolute atomic E-state index is 9.74. The number of thioether (sulfide) groups is 1. The summed E-state index contributed by atoms with van der Waals surface area (Å²) < 4.78 is 5.31. The number of aryl methyl sites for hydroxylation is 1. The number of hydrogen-bond donors (Lipinski definition) is 2. The molecule has 0 bridgehead atoms. The lowest BCUT2D eigenvalue weighted by molar-refractivity contribution is 0.161. The molecule has 0 spiro atoms. The zero-order valence-corrected chi connectivity index (χ0v) is 12.6. The Bertz CT molecular complexity index is 381. The van der Waals surface area contributed by atoms with Crippen LogP contribution in [0.1, 0.15) is 32.5 Å². The van der Waals surface area contributed by atoms with E-state index in [-0.39, 0.29) is 12.1 Å². The van der Waals surface area contributed by atoms with Gasteiger partial charge >= 0.3 is 0 Å². The van der Waals surface area contributed by atoms with Gasteiger partial charge in [-0.15, -0.1) is 0 Å². The molecule has 0 amide bonds. The van der Waals surface area contributed by atoms with Crippen molar-refractivity contribution in [1.82, 2.24) is 14.7 Å². The van der Waals surface area contributed by atoms with Crippen LogP contribution < -0.4 is 5.32 Å². The fraction of sp³-hybridized carbons (Fsp3) is 0.833. The molecule has 1 aliphatic rings. The summed E-state index contributed by atoms with van der Waals surface area (Å²) in [5.41, 5.74) is -0.128. The lowest BCUT2D eigenvalue weighted by Crippen LogP contribution is -2.52. The summed E-state index contributed by atoms with van der Waals surface area (Å²) in [5, 5.41) is 13.2. The summed E-state index contributed by atoms with van der Waals surface area (Å²) in [5.74, 6) is 2.42. The molecule has 1 aromatic heterocycles. The molecule has 0 saturated heterocycles. The zero-order valence-electron chi connectivity index (χ0n) is 11.0. The van der Waals surface area contributed by atoms with Crippen molar-refractivity contribution in [2.75, 3.05) is 18.9 Å². The lowest BCUT2D eigenvalue weighted by atomic mass is 9.97. The Morgan fingerprint density at radius 3 is 2.78 bits per heavy atom. The smallest absolute Gasteiger partial charge is 0.170 e. The van der Waals surface area contributed by atoms with Gasteiger partial charge in [-0.2, -0.15) is 4.37 Å². The van der Waals surface area contributed by atoms with Crippen LogP contribution in [0.4, 0.5) is 0 Å². The molecule has 6 heteroatoms. The first-order chi connectivity index (χ1) is 8.74. The Balaban J connectivity index is 1.96. The highest BCUT2D eigenvalue weighted by Crippen LogP contribution is 2.42. The van der Waals surface area contributed by atoms with E-state index in [4.69, 9.17) is 0 Å². The maximum Gasteiger partial charge on any atom is 0.170 e. The van der Waals surface area contributed by atoms with Gasteiger partial charge in [-0.1, -0.05) is 25.6 Å². The molecule has 18 heavy (non-hydrogen) atoms. The lowest BCUT2D eigenvalue weighted by Gasteiger charge is -2.32. The SMILES string of the molecule is CCNC(CO)(CSc1nc(CC)ns1)C1CC1. The molecule has 1 atom stereocenters. The molecule has 102 valence electrons. The summed E-state index contributed by atoms with van der Waals surface area (Å²) in [7, 11) is 0. The maximum atomic E-state index is 9.74. The average Bonchev–Trinajstić information content (AvgIpc) is 3.14. The molecule has 1 heterocycles. The van der Waals surface area contributed by atoms with Crippen LogP contribution in [-0.2, 0) is 6.42 Å². The van der Waals surface area contributed by atoms with Crippen LogP contribution in [0.5, 0.6) is 0 Å². The van der Waals surface area contributed by atoms with Crippen molar-refractivity contribution >= 4 is 23.3 Å². The van der Waals surface area contributed by atoms with Crippen molar-refractivity contribution in [2.24, 2.45) is 5.92 Å². The van der Waals surface area contributed by atoms with Gasteiger partial charge < -0.3 is 10.4 Å². The van der Waals surface area contributed by atoms with Crippen LogP contribution in [0.25, 0.3) is 0 Å². The zero-order chi connectivity index (χ0) is 13.0. The van der Waals surface area contributed by atoms with E-state index in [2.05, 4.69) is 28.5 Å². The molecular weight excluding hydrogens is 266 g/mol. The first kappa shape index (κ1) is 14.2. The summed E-state index contributed by atoms with van der Waals surface area (Å²) in [4.78, 5) is 4.47. The van der Waals surface area contributed by atoms with Gasteiger partial charge in [0.2, 0.25) is 0 Å². The number of aliphatic hydroxyl groups excluding tert-OH is 1. The molecule has 2 rings (SSSR count). The van der Waals surface area contributed by atoms with Gasteiger partial charge in [-0.05, 0) is 36.8 Å². The van der Waals surface area contributed by atoms with Crippen LogP contribution in [0, 0.1) is 5.92 Å². The number of likely N-dealkylation sites (N-methyl/N-ethyl adjacent to an activating group) is 1. The van der Waals surface area contributed by atoms with E-state index >= 15 is 0 Å². The number of aliphatic hydroxyl groups is 1. The molecule has 2 N–H and O–H groups in total. The van der Waals surface area contributed by atoms with Crippen molar-refractivity contribution < 1.29 is 5.11 Å². The minimum absolute atomic E-state index is 0.128. The van der Waals surface area contributed by atoms with Crippen LogP contribution >= 0.6 is 23.3 Å². The quantitative estimate of drug-likeness (QED) is 0.716. The minimum Gasteiger partial charge on any atom is -0.394 e. The van der Waals surface area contributed by atoms with Gasteiger partial charge in [0.1, 0.15) is 5.82 Å². The fourth-order valence-electron chi connectivity index (χ4n) is 2.16. The van der Waals surface area contributed by atoms with Crippen molar-refractivity contribution in [3.05, 3.63) is 5.82 Å². The number of hydrogen-bond acceptors (Lipinski definition) is 6. The topological polar surface area (TPSA) is 58.0 Å². The van der Waals surface area contributed by atoms with E-state index in [9.17, 15) is 5.11 Å². The van der Waals surface area contributed by atoms with Crippen molar-refractivity contribution in [1.29, 1.82) is 0 Å². The molecule has 4 nitrogen and oxygen atoms in total. The standard InChI is InChI=1S/C12H21N3OS2/c1-3-10-14-11(18-15-10)17-8-12(7-16,13-4-2)9-5-6-9/h9,13,16H,3-8H2,1-2H3. The van der Waals surface area contributed by atoms with Crippen LogP contribution in [0.3, 0.4) is 0 Å². The number of aromatic nitrogens is 2. The van der Waals surface area contributed by atoms with Gasteiger partial charge in [-0.3, -0.25) is 0 Å². The summed E-state index contributed by atoms with van der Waals surface area (Å²) in [6.45, 7) is 5.26. The highest BCUT2D eigenvalue weighted by molar-refractivity contribution is 8.01. The first-order valence-electron chi connectivity index (χ1n) is 6.55. The van der Waals surface area contributed by atoms with E-state index in [1.165, 1.54) is 24.4 Å². The van der Waals surface area contributed by atoms with E-state index in [0.29, 0.717) is 5.92 Å². The second-order valence-corrected chi connectivity index (χ2v) is 6.71. The summed E-state index contributed by atoms with van der Waals surface area (Å²) in [6.07, 6.45) is 3.34. The van der Waals surface area contributed by atoms with Gasteiger partial charge in [0, 0.05) is 12.2 Å². The van der Waals surface area contributed by atoms with Crippen LogP contribution in [0.2, 0.25) is 0 Å². The normalized spacial score (nSPS) is 18.8. The largest absolute Gasteiger partial charge is 0.394 e. The molecule has 0 aromatic carbocycles. The van der Waals surface area contributed by atoms with E-state index in [1.807, 2.05) is 0 Å². The Morgan fingerprint density at radius 1 is 1.50 bits per heavy atom. The number of nitrogens with zero attached hydrogens (tertiary/aromatic N) is 2. The molecule has 0 aliphatic heterocycles. The van der Waals surface area contributed by atoms with Crippen LogP contribution in [0.15, 0.2) is 4.34 Å². The molecule has 1 fully saturated rings. The molecule has 1 unspecified atom stereocenters. The molecule has 1 aromatic rings. The van der Waals surface area contributed by atoms with Gasteiger partial charge in [0.15, 0.2) is 4.34 Å². The minimum atomic E-state index is -0.128.